The van der Waals surface area contributed by atoms with Gasteiger partial charge in [0.25, 0.3) is 0 Å². The monoisotopic (exact) mass is 441 g/mol. The number of nitrogens with zero attached hydrogens (tertiary/aromatic N) is 3. The van der Waals surface area contributed by atoms with Crippen LogP contribution in [0, 0.1) is 0 Å². The third-order valence-corrected chi connectivity index (χ3v) is 8.19. The Kier molecular flexibility index (Phi) is 6.74. The van der Waals surface area contributed by atoms with E-state index in [4.69, 9.17) is 0 Å². The molecule has 2 aliphatic rings. The van der Waals surface area contributed by atoms with E-state index < -0.39 is 10.0 Å². The molecule has 1 amide bonds. The van der Waals surface area contributed by atoms with Gasteiger partial charge in [-0.2, -0.15) is 4.31 Å². The van der Waals surface area contributed by atoms with Gasteiger partial charge in [0.2, 0.25) is 15.9 Å². The summed E-state index contributed by atoms with van der Waals surface area (Å²) in [6, 6.07) is 15.5. The number of hydrogen-bond donors (Lipinski definition) is 0. The minimum Gasteiger partial charge on any atom is -0.337 e. The molecule has 0 aromatic heterocycles. The van der Waals surface area contributed by atoms with Crippen LogP contribution in [-0.4, -0.2) is 67.7 Å². The van der Waals surface area contributed by atoms with Crippen molar-refractivity contribution in [3.05, 3.63) is 65.2 Å². The molecule has 0 atom stereocenters. The van der Waals surface area contributed by atoms with Gasteiger partial charge in [0, 0.05) is 39.3 Å². The van der Waals surface area contributed by atoms with Crippen molar-refractivity contribution < 1.29 is 13.2 Å². The third kappa shape index (κ3) is 5.00. The molecule has 2 aromatic rings. The fourth-order valence-corrected chi connectivity index (χ4v) is 5.82. The second-order valence-electron chi connectivity index (χ2n) is 8.41. The van der Waals surface area contributed by atoms with Crippen LogP contribution in [0.15, 0.2) is 53.4 Å². The van der Waals surface area contributed by atoms with Crippen molar-refractivity contribution in [1.82, 2.24) is 14.1 Å². The van der Waals surface area contributed by atoms with E-state index in [1.54, 1.807) is 16.4 Å². The zero-order chi connectivity index (χ0) is 21.8. The highest BCUT2D eigenvalue weighted by atomic mass is 32.2. The van der Waals surface area contributed by atoms with E-state index in [0.29, 0.717) is 44.2 Å². The van der Waals surface area contributed by atoms with E-state index in [-0.39, 0.29) is 5.91 Å². The maximum Gasteiger partial charge on any atom is 0.243 e. The predicted octanol–water partition coefficient (Wildman–Crippen LogP) is 2.53. The lowest BCUT2D eigenvalue weighted by atomic mass is 10.00. The molecule has 0 unspecified atom stereocenters. The Labute approximate surface area is 185 Å². The second kappa shape index (κ2) is 9.51. The Hall–Kier alpha value is -2.22. The number of carbonyl (C=O) groups excluding carboxylic acids is 1. The van der Waals surface area contributed by atoms with Crippen molar-refractivity contribution in [3.8, 4) is 0 Å². The molecule has 1 fully saturated rings. The van der Waals surface area contributed by atoms with Crippen molar-refractivity contribution in [2.45, 2.75) is 37.6 Å². The van der Waals surface area contributed by atoms with Crippen LogP contribution in [0.1, 0.15) is 30.0 Å². The molecule has 0 bridgehead atoms. The Bertz CT molecular complexity index is 1010. The molecule has 0 aliphatic carbocycles. The molecule has 1 saturated heterocycles. The Morgan fingerprint density at radius 3 is 2.26 bits per heavy atom. The molecule has 0 spiro atoms. The van der Waals surface area contributed by atoms with Gasteiger partial charge in [-0.25, -0.2) is 8.42 Å². The molecule has 6 nitrogen and oxygen atoms in total. The van der Waals surface area contributed by atoms with E-state index in [0.717, 1.165) is 31.4 Å². The molecule has 2 aromatic carbocycles. The number of sulfonamides is 1. The maximum atomic E-state index is 13.0. The summed E-state index contributed by atoms with van der Waals surface area (Å²) in [5, 5.41) is 0. The lowest BCUT2D eigenvalue weighted by molar-refractivity contribution is -0.133. The topological polar surface area (TPSA) is 60.9 Å². The van der Waals surface area contributed by atoms with Crippen LogP contribution in [-0.2, 0) is 34.2 Å². The molecular formula is C24H31N3O3S. The number of benzene rings is 2. The summed E-state index contributed by atoms with van der Waals surface area (Å²) < 4.78 is 27.5. The third-order valence-electron chi connectivity index (χ3n) is 6.27. The molecule has 4 rings (SSSR count). The largest absolute Gasteiger partial charge is 0.337 e. The van der Waals surface area contributed by atoms with Gasteiger partial charge < -0.3 is 4.90 Å². The quantitative estimate of drug-likeness (QED) is 0.691. The normalized spacial score (nSPS) is 18.0. The number of amides is 1. The number of carbonyl (C=O) groups is 1. The molecule has 0 saturated carbocycles. The predicted molar refractivity (Wildman–Crippen MR) is 121 cm³/mol. The summed E-state index contributed by atoms with van der Waals surface area (Å²) in [4.78, 5) is 17.2. The standard InChI is InChI=1S/C24H31N3O3S/c1-2-5-20-8-10-23(11-9-20)31(29,30)27-16-14-25(15-17-27)19-24(28)26-13-12-21-6-3-4-7-22(21)18-26/h3-4,6-11H,2,5,12-19H2,1H3. The van der Waals surface area contributed by atoms with Gasteiger partial charge in [-0.05, 0) is 41.7 Å². The van der Waals surface area contributed by atoms with E-state index in [1.807, 2.05) is 29.2 Å². The maximum absolute atomic E-state index is 13.0. The average Bonchev–Trinajstić information content (AvgIpc) is 2.79. The number of piperazine rings is 1. The zero-order valence-electron chi connectivity index (χ0n) is 18.2. The summed E-state index contributed by atoms with van der Waals surface area (Å²) in [6.07, 6.45) is 2.89. The highest BCUT2D eigenvalue weighted by Crippen LogP contribution is 2.21. The molecule has 7 heteroatoms. The lowest BCUT2D eigenvalue weighted by Crippen LogP contribution is -2.51. The molecular weight excluding hydrogens is 410 g/mol. The van der Waals surface area contributed by atoms with Gasteiger partial charge in [0.1, 0.15) is 0 Å². The van der Waals surface area contributed by atoms with E-state index in [2.05, 4.69) is 24.0 Å². The van der Waals surface area contributed by atoms with Crippen LogP contribution in [0.25, 0.3) is 0 Å². The molecule has 0 N–H and O–H groups in total. The average molecular weight is 442 g/mol. The van der Waals surface area contributed by atoms with Gasteiger partial charge in [-0.1, -0.05) is 49.7 Å². The molecule has 0 radical (unpaired) electrons. The van der Waals surface area contributed by atoms with Crippen LogP contribution in [0.4, 0.5) is 0 Å². The van der Waals surface area contributed by atoms with E-state index in [9.17, 15) is 13.2 Å². The van der Waals surface area contributed by atoms with Crippen molar-refractivity contribution in [2.75, 3.05) is 39.3 Å². The van der Waals surface area contributed by atoms with Gasteiger partial charge in [0.15, 0.2) is 0 Å². The van der Waals surface area contributed by atoms with Crippen LogP contribution in [0.5, 0.6) is 0 Å². The summed E-state index contributed by atoms with van der Waals surface area (Å²) >= 11 is 0. The first-order valence-corrected chi connectivity index (χ1v) is 12.6. The smallest absolute Gasteiger partial charge is 0.243 e. The fraction of sp³-hybridized carbons (Fsp3) is 0.458. The van der Waals surface area contributed by atoms with Gasteiger partial charge in [-0.15, -0.1) is 0 Å². The summed E-state index contributed by atoms with van der Waals surface area (Å²) in [6.45, 7) is 5.84. The van der Waals surface area contributed by atoms with Crippen molar-refractivity contribution >= 4 is 15.9 Å². The van der Waals surface area contributed by atoms with Crippen LogP contribution >= 0.6 is 0 Å². The fourth-order valence-electron chi connectivity index (χ4n) is 4.39. The first-order chi connectivity index (χ1) is 15.0. The molecule has 2 aliphatic heterocycles. The molecule has 166 valence electrons. The molecule has 31 heavy (non-hydrogen) atoms. The highest BCUT2D eigenvalue weighted by molar-refractivity contribution is 7.89. The van der Waals surface area contributed by atoms with E-state index >= 15 is 0 Å². The van der Waals surface area contributed by atoms with E-state index in [1.165, 1.54) is 11.1 Å². The first kappa shape index (κ1) is 22.0. The van der Waals surface area contributed by atoms with Gasteiger partial charge >= 0.3 is 0 Å². The van der Waals surface area contributed by atoms with Crippen molar-refractivity contribution in [1.29, 1.82) is 0 Å². The zero-order valence-corrected chi connectivity index (χ0v) is 19.0. The summed E-state index contributed by atoms with van der Waals surface area (Å²) in [5.41, 5.74) is 3.71. The number of aryl methyl sites for hydroxylation is 1. The first-order valence-electron chi connectivity index (χ1n) is 11.1. The van der Waals surface area contributed by atoms with Gasteiger partial charge in [0.05, 0.1) is 11.4 Å². The summed E-state index contributed by atoms with van der Waals surface area (Å²) in [5.74, 6) is 0.123. The van der Waals surface area contributed by atoms with Crippen LogP contribution in [0.2, 0.25) is 0 Å². The van der Waals surface area contributed by atoms with Crippen molar-refractivity contribution in [2.24, 2.45) is 0 Å². The number of hydrogen-bond acceptors (Lipinski definition) is 4. The highest BCUT2D eigenvalue weighted by Gasteiger charge is 2.30. The Morgan fingerprint density at radius 2 is 1.58 bits per heavy atom. The number of fused-ring (bicyclic) bond motifs is 1. The second-order valence-corrected chi connectivity index (χ2v) is 10.3. The SMILES string of the molecule is CCCc1ccc(S(=O)(=O)N2CCN(CC(=O)N3CCc4ccccc4C3)CC2)cc1. The van der Waals surface area contributed by atoms with Gasteiger partial charge in [-0.3, -0.25) is 9.69 Å². The number of rotatable bonds is 6. The van der Waals surface area contributed by atoms with Crippen LogP contribution in [0.3, 0.4) is 0 Å². The Morgan fingerprint density at radius 1 is 0.903 bits per heavy atom. The van der Waals surface area contributed by atoms with Crippen molar-refractivity contribution in [3.63, 3.8) is 0 Å². The Balaban J connectivity index is 1.31. The summed E-state index contributed by atoms with van der Waals surface area (Å²) in [7, 11) is -3.49. The molecule has 2 heterocycles. The minimum absolute atomic E-state index is 0.123. The van der Waals surface area contributed by atoms with Crippen LogP contribution < -0.4 is 0 Å². The minimum atomic E-state index is -3.49. The lowest BCUT2D eigenvalue weighted by Gasteiger charge is -2.35.